The number of aryl methyl sites for hydroxylation is 3. The number of amides is 1. The van der Waals surface area contributed by atoms with E-state index in [0.717, 1.165) is 23.4 Å². The van der Waals surface area contributed by atoms with Crippen LogP contribution in [0.3, 0.4) is 0 Å². The molecular formula is C18H16F3N3O. The summed E-state index contributed by atoms with van der Waals surface area (Å²) in [5, 5.41) is 2.75. The van der Waals surface area contributed by atoms with Crippen molar-refractivity contribution in [2.45, 2.75) is 26.9 Å². The van der Waals surface area contributed by atoms with Crippen molar-refractivity contribution in [3.05, 3.63) is 64.6 Å². The molecule has 1 amide bonds. The second-order valence-electron chi connectivity index (χ2n) is 5.96. The van der Waals surface area contributed by atoms with Gasteiger partial charge in [-0.05, 0) is 44.5 Å². The summed E-state index contributed by atoms with van der Waals surface area (Å²) in [6.45, 7) is 5.38. The van der Waals surface area contributed by atoms with E-state index in [1.165, 1.54) is 10.5 Å². The van der Waals surface area contributed by atoms with Crippen LogP contribution in [0.4, 0.5) is 18.9 Å². The minimum atomic E-state index is -4.49. The van der Waals surface area contributed by atoms with Crippen molar-refractivity contribution in [1.29, 1.82) is 0 Å². The normalized spacial score (nSPS) is 11.8. The highest BCUT2D eigenvalue weighted by Crippen LogP contribution is 2.30. The molecule has 0 spiro atoms. The van der Waals surface area contributed by atoms with Crippen molar-refractivity contribution in [3.63, 3.8) is 0 Å². The first kappa shape index (κ1) is 17.0. The molecule has 3 rings (SSSR count). The molecule has 0 saturated carbocycles. The number of carbonyl (C=O) groups excluding carboxylic acids is 1. The first-order valence-electron chi connectivity index (χ1n) is 7.61. The average Bonchev–Trinajstić information content (AvgIpc) is 2.84. The SMILES string of the molecule is Cc1ccc(NC(=O)c2c(C)nc3ccc(C(F)(F)F)cn23)c(C)c1. The van der Waals surface area contributed by atoms with E-state index in [1.54, 1.807) is 13.0 Å². The number of hydrogen-bond acceptors (Lipinski definition) is 2. The van der Waals surface area contributed by atoms with E-state index < -0.39 is 17.6 Å². The highest BCUT2D eigenvalue weighted by Gasteiger charge is 2.31. The van der Waals surface area contributed by atoms with E-state index in [4.69, 9.17) is 0 Å². The Balaban J connectivity index is 2.04. The van der Waals surface area contributed by atoms with Crippen LogP contribution in [0.25, 0.3) is 5.65 Å². The number of benzene rings is 1. The van der Waals surface area contributed by atoms with Crippen molar-refractivity contribution in [3.8, 4) is 0 Å². The predicted octanol–water partition coefficient (Wildman–Crippen LogP) is 4.53. The quantitative estimate of drug-likeness (QED) is 0.740. The van der Waals surface area contributed by atoms with Gasteiger partial charge in [0.2, 0.25) is 0 Å². The third kappa shape index (κ3) is 3.22. The maximum atomic E-state index is 13.0. The van der Waals surface area contributed by atoms with E-state index >= 15 is 0 Å². The maximum absolute atomic E-state index is 13.0. The molecule has 4 nitrogen and oxygen atoms in total. The van der Waals surface area contributed by atoms with E-state index in [9.17, 15) is 18.0 Å². The monoisotopic (exact) mass is 347 g/mol. The van der Waals surface area contributed by atoms with Crippen LogP contribution in [0.15, 0.2) is 36.5 Å². The second kappa shape index (κ2) is 5.91. The molecule has 0 aliphatic carbocycles. The van der Waals surface area contributed by atoms with Gasteiger partial charge in [0.15, 0.2) is 0 Å². The largest absolute Gasteiger partial charge is 0.417 e. The molecule has 1 aromatic carbocycles. The highest BCUT2D eigenvalue weighted by atomic mass is 19.4. The van der Waals surface area contributed by atoms with E-state index in [-0.39, 0.29) is 11.3 Å². The lowest BCUT2D eigenvalue weighted by Gasteiger charge is -2.11. The van der Waals surface area contributed by atoms with Gasteiger partial charge in [0.1, 0.15) is 11.3 Å². The number of alkyl halides is 3. The summed E-state index contributed by atoms with van der Waals surface area (Å²) < 4.78 is 40.1. The van der Waals surface area contributed by atoms with Gasteiger partial charge in [-0.1, -0.05) is 17.7 Å². The molecule has 1 N–H and O–H groups in total. The first-order chi connectivity index (χ1) is 11.7. The smallest absolute Gasteiger partial charge is 0.320 e. The van der Waals surface area contributed by atoms with Crippen molar-refractivity contribution < 1.29 is 18.0 Å². The van der Waals surface area contributed by atoms with Gasteiger partial charge in [-0.25, -0.2) is 4.98 Å². The van der Waals surface area contributed by atoms with Crippen LogP contribution in [0.1, 0.15) is 32.9 Å². The van der Waals surface area contributed by atoms with Crippen LogP contribution < -0.4 is 5.32 Å². The second-order valence-corrected chi connectivity index (χ2v) is 5.96. The topological polar surface area (TPSA) is 46.4 Å². The number of nitrogens with zero attached hydrogens (tertiary/aromatic N) is 2. The fraction of sp³-hybridized carbons (Fsp3) is 0.222. The number of rotatable bonds is 2. The fourth-order valence-electron chi connectivity index (χ4n) is 2.74. The Morgan fingerprint density at radius 1 is 1.12 bits per heavy atom. The van der Waals surface area contributed by atoms with Crippen molar-refractivity contribution in [1.82, 2.24) is 9.38 Å². The number of hydrogen-bond donors (Lipinski definition) is 1. The molecule has 25 heavy (non-hydrogen) atoms. The molecule has 0 bridgehead atoms. The number of pyridine rings is 1. The summed E-state index contributed by atoms with van der Waals surface area (Å²) in [6, 6.07) is 7.74. The molecule has 0 unspecified atom stereocenters. The Hall–Kier alpha value is -2.83. The average molecular weight is 347 g/mol. The van der Waals surface area contributed by atoms with Crippen LogP contribution in [0.2, 0.25) is 0 Å². The lowest BCUT2D eigenvalue weighted by Crippen LogP contribution is -2.17. The molecule has 0 saturated heterocycles. The molecule has 130 valence electrons. The number of anilines is 1. The Morgan fingerprint density at radius 2 is 1.84 bits per heavy atom. The standard InChI is InChI=1S/C18H16F3N3O/c1-10-4-6-14(11(2)8-10)23-17(25)16-12(3)22-15-7-5-13(9-24(15)16)18(19,20)21/h4-9H,1-3H3,(H,23,25). The summed E-state index contributed by atoms with van der Waals surface area (Å²) in [7, 11) is 0. The van der Waals surface area contributed by atoms with Crippen LogP contribution in [-0.2, 0) is 6.18 Å². The van der Waals surface area contributed by atoms with Gasteiger partial charge in [0.05, 0.1) is 11.3 Å². The number of halogens is 3. The maximum Gasteiger partial charge on any atom is 0.417 e. The summed E-state index contributed by atoms with van der Waals surface area (Å²) >= 11 is 0. The number of fused-ring (bicyclic) bond motifs is 1. The van der Waals surface area contributed by atoms with E-state index in [0.29, 0.717) is 11.4 Å². The van der Waals surface area contributed by atoms with Crippen LogP contribution in [0.5, 0.6) is 0 Å². The van der Waals surface area contributed by atoms with Gasteiger partial charge in [-0.3, -0.25) is 9.20 Å². The van der Waals surface area contributed by atoms with Gasteiger partial charge < -0.3 is 5.32 Å². The first-order valence-corrected chi connectivity index (χ1v) is 7.61. The molecule has 0 radical (unpaired) electrons. The van der Waals surface area contributed by atoms with E-state index in [1.807, 2.05) is 26.0 Å². The molecule has 7 heteroatoms. The molecule has 0 fully saturated rings. The van der Waals surface area contributed by atoms with Gasteiger partial charge in [-0.15, -0.1) is 0 Å². The molecule has 2 heterocycles. The highest BCUT2D eigenvalue weighted by molar-refractivity contribution is 6.04. The number of imidazole rings is 1. The third-order valence-corrected chi connectivity index (χ3v) is 3.97. The minimum absolute atomic E-state index is 0.0843. The summed E-state index contributed by atoms with van der Waals surface area (Å²) in [4.78, 5) is 16.8. The summed E-state index contributed by atoms with van der Waals surface area (Å²) in [5.41, 5.74) is 2.43. The van der Waals surface area contributed by atoms with Crippen molar-refractivity contribution in [2.75, 3.05) is 5.32 Å². The zero-order valence-corrected chi connectivity index (χ0v) is 13.9. The van der Waals surface area contributed by atoms with Gasteiger partial charge in [0, 0.05) is 11.9 Å². The Morgan fingerprint density at radius 3 is 2.48 bits per heavy atom. The molecule has 0 atom stereocenters. The van der Waals surface area contributed by atoms with Gasteiger partial charge in [-0.2, -0.15) is 13.2 Å². The fourth-order valence-corrected chi connectivity index (χ4v) is 2.74. The third-order valence-electron chi connectivity index (χ3n) is 3.97. The molecule has 0 aliphatic heterocycles. The van der Waals surface area contributed by atoms with Crippen LogP contribution in [-0.4, -0.2) is 15.3 Å². The number of nitrogens with one attached hydrogen (secondary N) is 1. The number of carbonyl (C=O) groups is 1. The zero-order chi connectivity index (χ0) is 18.4. The molecular weight excluding hydrogens is 331 g/mol. The summed E-state index contributed by atoms with van der Waals surface area (Å²) in [6.07, 6.45) is -3.60. The Bertz CT molecular complexity index is 974. The Labute approximate surface area is 142 Å². The lowest BCUT2D eigenvalue weighted by molar-refractivity contribution is -0.137. The van der Waals surface area contributed by atoms with Crippen LogP contribution in [0, 0.1) is 20.8 Å². The summed E-state index contributed by atoms with van der Waals surface area (Å²) in [5.74, 6) is -0.503. The van der Waals surface area contributed by atoms with Gasteiger partial charge >= 0.3 is 6.18 Å². The molecule has 2 aromatic heterocycles. The predicted molar refractivity (Wildman–Crippen MR) is 88.8 cm³/mol. The number of aromatic nitrogens is 2. The van der Waals surface area contributed by atoms with Crippen molar-refractivity contribution in [2.24, 2.45) is 0 Å². The Kier molecular flexibility index (Phi) is 4.02. The lowest BCUT2D eigenvalue weighted by atomic mass is 10.1. The van der Waals surface area contributed by atoms with E-state index in [2.05, 4.69) is 10.3 Å². The van der Waals surface area contributed by atoms with Crippen molar-refractivity contribution >= 4 is 17.2 Å². The molecule has 3 aromatic rings. The van der Waals surface area contributed by atoms with Crippen LogP contribution >= 0.6 is 0 Å². The van der Waals surface area contributed by atoms with Gasteiger partial charge in [0.25, 0.3) is 5.91 Å². The zero-order valence-electron chi connectivity index (χ0n) is 13.9. The minimum Gasteiger partial charge on any atom is -0.320 e. The molecule has 0 aliphatic rings.